The summed E-state index contributed by atoms with van der Waals surface area (Å²) in [6.45, 7) is 2.28. The van der Waals surface area contributed by atoms with Crippen molar-refractivity contribution in [1.29, 1.82) is 0 Å². The Balaban J connectivity index is 1.51. The second-order valence-electron chi connectivity index (χ2n) is 9.55. The Morgan fingerprint density at radius 3 is 2.56 bits per heavy atom. The van der Waals surface area contributed by atoms with Crippen molar-refractivity contribution < 1.29 is 32.6 Å². The average molecular weight is 505 g/mol. The molecule has 2 aromatic carbocycles. The summed E-state index contributed by atoms with van der Waals surface area (Å²) in [6.07, 6.45) is -0.649. The zero-order valence-corrected chi connectivity index (χ0v) is 20.5. The summed E-state index contributed by atoms with van der Waals surface area (Å²) in [5, 5.41) is 11.8. The van der Waals surface area contributed by atoms with E-state index in [2.05, 4.69) is 5.32 Å². The van der Waals surface area contributed by atoms with Crippen molar-refractivity contribution in [2.24, 2.45) is 0 Å². The minimum atomic E-state index is -4.42. The van der Waals surface area contributed by atoms with Gasteiger partial charge in [-0.15, -0.1) is 0 Å². The fraction of sp³-hybridized carbons (Fsp3) is 0.481. The van der Waals surface area contributed by atoms with E-state index in [1.54, 1.807) is 36.2 Å². The number of ether oxygens (including phenoxy) is 1. The lowest BCUT2D eigenvalue weighted by molar-refractivity contribution is -0.139. The standard InChI is InChI=1S/C27H31F3N2O4/c1-16-19-11-12-32(26(35)22(31-2)14-25(33)34)23(19)9-10-24(16)36-15-17-7-8-20(18-5-3-4-6-18)21(13-17)27(28,29)30/h7-10,13,18,22,31H,3-6,11-12,14-15H2,1-2H3,(H,33,34). The number of nitrogens with one attached hydrogen (secondary N) is 1. The number of hydrogen-bond donors (Lipinski definition) is 2. The highest BCUT2D eigenvalue weighted by atomic mass is 19.4. The summed E-state index contributed by atoms with van der Waals surface area (Å²) in [4.78, 5) is 25.6. The van der Waals surface area contributed by atoms with Gasteiger partial charge in [0.05, 0.1) is 18.0 Å². The number of nitrogens with zero attached hydrogens (tertiary/aromatic N) is 1. The number of rotatable bonds is 8. The molecule has 2 N–H and O–H groups in total. The maximum Gasteiger partial charge on any atom is 0.416 e. The second kappa shape index (κ2) is 10.5. The van der Waals surface area contributed by atoms with Gasteiger partial charge in [-0.25, -0.2) is 0 Å². The van der Waals surface area contributed by atoms with E-state index in [4.69, 9.17) is 9.84 Å². The molecule has 9 heteroatoms. The summed E-state index contributed by atoms with van der Waals surface area (Å²) in [7, 11) is 1.55. The predicted molar refractivity (Wildman–Crippen MR) is 129 cm³/mol. The SMILES string of the molecule is CNC(CC(=O)O)C(=O)N1CCc2c1ccc(OCc1ccc(C3CCCC3)c(C(F)(F)F)c1)c2C. The summed E-state index contributed by atoms with van der Waals surface area (Å²) >= 11 is 0. The number of fused-ring (bicyclic) bond motifs is 1. The van der Waals surface area contributed by atoms with E-state index in [-0.39, 0.29) is 24.9 Å². The Morgan fingerprint density at radius 1 is 1.19 bits per heavy atom. The Morgan fingerprint density at radius 2 is 1.92 bits per heavy atom. The van der Waals surface area contributed by atoms with Crippen LogP contribution in [0.25, 0.3) is 0 Å². The molecule has 36 heavy (non-hydrogen) atoms. The molecule has 2 aliphatic rings. The summed E-state index contributed by atoms with van der Waals surface area (Å²) < 4.78 is 47.3. The molecule has 194 valence electrons. The Kier molecular flexibility index (Phi) is 7.59. The molecule has 1 saturated carbocycles. The highest BCUT2D eigenvalue weighted by molar-refractivity contribution is 6.00. The normalized spacial score (nSPS) is 16.8. The van der Waals surface area contributed by atoms with E-state index in [1.165, 1.54) is 6.07 Å². The first kappa shape index (κ1) is 26.0. The third-order valence-corrected chi connectivity index (χ3v) is 7.30. The van der Waals surface area contributed by atoms with Crippen LogP contribution < -0.4 is 15.0 Å². The van der Waals surface area contributed by atoms with Gasteiger partial charge in [-0.1, -0.05) is 25.0 Å². The van der Waals surface area contributed by atoms with Gasteiger partial charge in [-0.2, -0.15) is 13.2 Å². The monoisotopic (exact) mass is 504 g/mol. The van der Waals surface area contributed by atoms with Crippen LogP contribution in [-0.2, 0) is 28.8 Å². The molecule has 0 spiro atoms. The van der Waals surface area contributed by atoms with Crippen molar-refractivity contribution >= 4 is 17.6 Å². The zero-order chi connectivity index (χ0) is 26.0. The van der Waals surface area contributed by atoms with Crippen LogP contribution >= 0.6 is 0 Å². The number of anilines is 1. The number of carboxylic acids is 1. The molecule has 2 aromatic rings. The first-order valence-electron chi connectivity index (χ1n) is 12.3. The van der Waals surface area contributed by atoms with Crippen molar-refractivity contribution in [3.8, 4) is 5.75 Å². The lowest BCUT2D eigenvalue weighted by Crippen LogP contribution is -2.45. The van der Waals surface area contributed by atoms with E-state index >= 15 is 0 Å². The van der Waals surface area contributed by atoms with Gasteiger partial charge in [0.15, 0.2) is 0 Å². The van der Waals surface area contributed by atoms with Crippen LogP contribution in [0.15, 0.2) is 30.3 Å². The molecule has 1 fully saturated rings. The molecule has 4 rings (SSSR count). The molecule has 1 unspecified atom stereocenters. The molecule has 0 aromatic heterocycles. The summed E-state index contributed by atoms with van der Waals surface area (Å²) in [5.74, 6) is -0.868. The van der Waals surface area contributed by atoms with Gasteiger partial charge in [0.1, 0.15) is 12.4 Å². The van der Waals surface area contributed by atoms with Gasteiger partial charge in [0, 0.05) is 12.2 Å². The highest BCUT2D eigenvalue weighted by Crippen LogP contribution is 2.42. The molecular weight excluding hydrogens is 473 g/mol. The largest absolute Gasteiger partial charge is 0.489 e. The number of amides is 1. The summed E-state index contributed by atoms with van der Waals surface area (Å²) in [5.41, 5.74) is 2.70. The Bertz CT molecular complexity index is 1140. The number of hydrogen-bond acceptors (Lipinski definition) is 4. The first-order valence-corrected chi connectivity index (χ1v) is 12.3. The van der Waals surface area contributed by atoms with E-state index in [0.29, 0.717) is 35.5 Å². The second-order valence-corrected chi connectivity index (χ2v) is 9.55. The van der Waals surface area contributed by atoms with E-state index in [9.17, 15) is 22.8 Å². The van der Waals surface area contributed by atoms with Gasteiger partial charge < -0.3 is 20.1 Å². The molecule has 1 aliphatic heterocycles. The topological polar surface area (TPSA) is 78.9 Å². The number of alkyl halides is 3. The molecule has 0 bridgehead atoms. The Hall–Kier alpha value is -3.07. The lowest BCUT2D eigenvalue weighted by atomic mass is 9.91. The predicted octanol–water partition coefficient (Wildman–Crippen LogP) is 5.20. The highest BCUT2D eigenvalue weighted by Gasteiger charge is 2.36. The minimum Gasteiger partial charge on any atom is -0.489 e. The van der Waals surface area contributed by atoms with Crippen LogP contribution in [0.3, 0.4) is 0 Å². The van der Waals surface area contributed by atoms with Crippen LogP contribution in [0.4, 0.5) is 18.9 Å². The molecule has 1 heterocycles. The quantitative estimate of drug-likeness (QED) is 0.517. The van der Waals surface area contributed by atoms with E-state index < -0.39 is 23.8 Å². The summed E-state index contributed by atoms with van der Waals surface area (Å²) in [6, 6.07) is 7.15. The average Bonchev–Trinajstić information content (AvgIpc) is 3.51. The third kappa shape index (κ3) is 5.36. The number of carbonyl (C=O) groups is 2. The van der Waals surface area contributed by atoms with Crippen molar-refractivity contribution in [2.45, 2.75) is 70.2 Å². The van der Waals surface area contributed by atoms with Crippen molar-refractivity contribution in [3.63, 3.8) is 0 Å². The third-order valence-electron chi connectivity index (χ3n) is 7.30. The van der Waals surface area contributed by atoms with Gasteiger partial charge in [-0.05, 0) is 79.6 Å². The maximum absolute atomic E-state index is 13.8. The van der Waals surface area contributed by atoms with Crippen LogP contribution in [0.5, 0.6) is 5.75 Å². The van der Waals surface area contributed by atoms with Crippen LogP contribution in [0, 0.1) is 6.92 Å². The number of halogens is 3. The minimum absolute atomic E-state index is 0.00324. The molecular formula is C27H31F3N2O4. The van der Waals surface area contributed by atoms with Crippen molar-refractivity contribution in [3.05, 3.63) is 58.1 Å². The molecule has 1 aliphatic carbocycles. The number of benzene rings is 2. The molecule has 0 radical (unpaired) electrons. The number of carboxylic acid groups (broad SMARTS) is 1. The maximum atomic E-state index is 13.8. The van der Waals surface area contributed by atoms with Crippen LogP contribution in [0.2, 0.25) is 0 Å². The molecule has 0 saturated heterocycles. The van der Waals surface area contributed by atoms with E-state index in [0.717, 1.165) is 36.8 Å². The van der Waals surface area contributed by atoms with Gasteiger partial charge in [0.2, 0.25) is 5.91 Å². The smallest absolute Gasteiger partial charge is 0.416 e. The number of likely N-dealkylation sites (N-methyl/N-ethyl adjacent to an activating group) is 1. The van der Waals surface area contributed by atoms with Gasteiger partial charge in [-0.3, -0.25) is 9.59 Å². The lowest BCUT2D eigenvalue weighted by Gasteiger charge is -2.23. The molecule has 1 atom stereocenters. The zero-order valence-electron chi connectivity index (χ0n) is 20.5. The number of carbonyl (C=O) groups excluding carboxylic acids is 1. The first-order chi connectivity index (χ1) is 17.1. The van der Waals surface area contributed by atoms with Crippen molar-refractivity contribution in [2.75, 3.05) is 18.5 Å². The van der Waals surface area contributed by atoms with Crippen LogP contribution in [0.1, 0.15) is 65.8 Å². The Labute approximate surface area is 208 Å². The van der Waals surface area contributed by atoms with Gasteiger partial charge in [0.25, 0.3) is 0 Å². The fourth-order valence-electron chi connectivity index (χ4n) is 5.39. The van der Waals surface area contributed by atoms with Crippen LogP contribution in [-0.4, -0.2) is 36.6 Å². The molecule has 1 amide bonds. The van der Waals surface area contributed by atoms with Crippen molar-refractivity contribution in [1.82, 2.24) is 5.32 Å². The van der Waals surface area contributed by atoms with E-state index in [1.807, 2.05) is 6.92 Å². The fourth-order valence-corrected chi connectivity index (χ4v) is 5.39. The van der Waals surface area contributed by atoms with Gasteiger partial charge >= 0.3 is 12.1 Å². The number of aliphatic carboxylic acids is 1. The molecule has 6 nitrogen and oxygen atoms in total.